The van der Waals surface area contributed by atoms with Crippen molar-refractivity contribution in [2.75, 3.05) is 0 Å². The van der Waals surface area contributed by atoms with E-state index in [9.17, 15) is 13.2 Å². The monoisotopic (exact) mass is 487 g/mol. The van der Waals surface area contributed by atoms with Crippen LogP contribution in [-0.2, 0) is 9.84 Å². The van der Waals surface area contributed by atoms with Crippen LogP contribution < -0.4 is 5.73 Å². The number of thiazole rings is 1. The van der Waals surface area contributed by atoms with E-state index in [0.29, 0.717) is 29.9 Å². The Kier molecular flexibility index (Phi) is 4.49. The van der Waals surface area contributed by atoms with Crippen LogP contribution in [0.2, 0.25) is 5.02 Å². The molecule has 1 amide bonds. The zero-order chi connectivity index (χ0) is 22.3. The number of primary amides is 1. The van der Waals surface area contributed by atoms with Crippen LogP contribution in [-0.4, -0.2) is 29.5 Å². The van der Waals surface area contributed by atoms with Gasteiger partial charge < -0.3 is 5.73 Å². The smallest absolute Gasteiger partial charge is 0.249 e. The van der Waals surface area contributed by atoms with Crippen LogP contribution in [0.4, 0.5) is 0 Å². The molecule has 2 aromatic heterocycles. The lowest BCUT2D eigenvalue weighted by molar-refractivity contribution is -0.0123. The summed E-state index contributed by atoms with van der Waals surface area (Å²) in [4.78, 5) is 21.1. The number of benzene rings is 1. The summed E-state index contributed by atoms with van der Waals surface area (Å²) >= 11 is 7.81. The van der Waals surface area contributed by atoms with Gasteiger partial charge in [-0.25, -0.2) is 18.4 Å². The lowest BCUT2D eigenvalue weighted by atomic mass is 9.47. The van der Waals surface area contributed by atoms with Gasteiger partial charge in [-0.05, 0) is 74.1 Å². The van der Waals surface area contributed by atoms with E-state index in [1.54, 1.807) is 17.4 Å². The van der Waals surface area contributed by atoms with Crippen LogP contribution >= 0.6 is 22.9 Å². The average molecular weight is 488 g/mol. The quantitative estimate of drug-likeness (QED) is 0.555. The SMILES string of the molecule is NC(=O)c1ccnc(S(=O)(=O)C2CC2)c1C1CC2(CC(c3nc4ccc(Cl)cc4s3)C2)C1. The van der Waals surface area contributed by atoms with Gasteiger partial charge in [-0.3, -0.25) is 4.79 Å². The fourth-order valence-corrected chi connectivity index (χ4v) is 8.81. The summed E-state index contributed by atoms with van der Waals surface area (Å²) in [6.45, 7) is 0. The largest absolute Gasteiger partial charge is 0.366 e. The summed E-state index contributed by atoms with van der Waals surface area (Å²) in [7, 11) is -3.51. The first kappa shape index (κ1) is 20.6. The molecule has 0 atom stereocenters. The van der Waals surface area contributed by atoms with Gasteiger partial charge in [-0.15, -0.1) is 11.3 Å². The summed E-state index contributed by atoms with van der Waals surface area (Å²) in [6, 6.07) is 7.34. The average Bonchev–Trinajstić information content (AvgIpc) is 3.47. The highest BCUT2D eigenvalue weighted by Crippen LogP contribution is 2.67. The molecule has 3 aliphatic carbocycles. The molecule has 6 rings (SSSR count). The second-order valence-corrected chi connectivity index (χ2v) is 13.2. The normalized spacial score (nSPS) is 27.3. The maximum Gasteiger partial charge on any atom is 0.249 e. The summed E-state index contributed by atoms with van der Waals surface area (Å²) in [6.07, 6.45) is 6.51. The molecule has 0 radical (unpaired) electrons. The van der Waals surface area contributed by atoms with Crippen molar-refractivity contribution >= 4 is 48.9 Å². The summed E-state index contributed by atoms with van der Waals surface area (Å²) in [5.74, 6) is -0.161. The molecule has 3 saturated carbocycles. The first-order valence-electron chi connectivity index (χ1n) is 10.8. The van der Waals surface area contributed by atoms with Gasteiger partial charge >= 0.3 is 0 Å². The molecule has 2 N–H and O–H groups in total. The Morgan fingerprint density at radius 2 is 1.84 bits per heavy atom. The van der Waals surface area contributed by atoms with E-state index < -0.39 is 15.7 Å². The number of carbonyl (C=O) groups excluding carboxylic acids is 1. The minimum atomic E-state index is -3.51. The van der Waals surface area contributed by atoms with Crippen LogP contribution in [0.15, 0.2) is 35.5 Å². The number of nitrogens with two attached hydrogens (primary N) is 1. The highest BCUT2D eigenvalue weighted by molar-refractivity contribution is 7.92. The number of hydrogen-bond donors (Lipinski definition) is 1. The number of halogens is 1. The Hall–Kier alpha value is -2.03. The number of aromatic nitrogens is 2. The third-order valence-corrected chi connectivity index (χ3v) is 10.9. The maximum atomic E-state index is 13.0. The number of nitrogens with zero attached hydrogens (tertiary/aromatic N) is 2. The number of sulfone groups is 1. The van der Waals surface area contributed by atoms with E-state index in [2.05, 4.69) is 4.98 Å². The second kappa shape index (κ2) is 6.98. The van der Waals surface area contributed by atoms with Crippen molar-refractivity contribution in [1.29, 1.82) is 0 Å². The van der Waals surface area contributed by atoms with Crippen LogP contribution in [0, 0.1) is 5.41 Å². The van der Waals surface area contributed by atoms with Gasteiger partial charge in [0.25, 0.3) is 0 Å². The summed E-state index contributed by atoms with van der Waals surface area (Å²) in [5, 5.41) is 1.58. The van der Waals surface area contributed by atoms with Gasteiger partial charge in [0.2, 0.25) is 5.91 Å². The Labute approximate surface area is 195 Å². The number of carbonyl (C=O) groups is 1. The number of pyridine rings is 1. The standard InChI is InChI=1S/C23H22ClN3O3S2/c24-14-1-4-17-18(7-14)31-21(27-17)13-10-23(11-13)8-12(9-23)19-16(20(25)28)5-6-26-22(19)32(29,30)15-2-3-15/h1,4-7,12-13,15H,2-3,8-11H2,(H2,25,28). The van der Waals surface area contributed by atoms with Crippen LogP contribution in [0.5, 0.6) is 0 Å². The number of amides is 1. The van der Waals surface area contributed by atoms with Crippen molar-refractivity contribution in [3.63, 3.8) is 0 Å². The van der Waals surface area contributed by atoms with E-state index in [-0.39, 0.29) is 21.6 Å². The molecule has 3 fully saturated rings. The molecule has 0 saturated heterocycles. The first-order chi connectivity index (χ1) is 15.3. The third-order valence-electron chi connectivity index (χ3n) is 7.29. The Morgan fingerprint density at radius 1 is 1.12 bits per heavy atom. The minimum Gasteiger partial charge on any atom is -0.366 e. The molecule has 0 bridgehead atoms. The molecule has 0 aliphatic heterocycles. The predicted octanol–water partition coefficient (Wildman–Crippen LogP) is 4.82. The van der Waals surface area contributed by atoms with E-state index in [1.807, 2.05) is 18.2 Å². The molecule has 3 aliphatic rings. The molecular weight excluding hydrogens is 466 g/mol. The minimum absolute atomic E-state index is 0.00449. The van der Waals surface area contributed by atoms with Gasteiger partial charge in [-0.2, -0.15) is 0 Å². The first-order valence-corrected chi connectivity index (χ1v) is 13.6. The number of hydrogen-bond acceptors (Lipinski definition) is 6. The molecular formula is C23H22ClN3O3S2. The third kappa shape index (κ3) is 3.18. The zero-order valence-electron chi connectivity index (χ0n) is 17.3. The zero-order valence-corrected chi connectivity index (χ0v) is 19.6. The summed E-state index contributed by atoms with van der Waals surface area (Å²) < 4.78 is 27.1. The van der Waals surface area contributed by atoms with Crippen molar-refractivity contribution in [2.45, 2.75) is 60.6 Å². The van der Waals surface area contributed by atoms with Gasteiger partial charge in [0.1, 0.15) is 0 Å². The van der Waals surface area contributed by atoms with Gasteiger partial charge in [-0.1, -0.05) is 11.6 Å². The fraction of sp³-hybridized carbons (Fsp3) is 0.435. The van der Waals surface area contributed by atoms with E-state index >= 15 is 0 Å². The number of rotatable bonds is 5. The molecule has 32 heavy (non-hydrogen) atoms. The molecule has 3 aromatic rings. The van der Waals surface area contributed by atoms with Crippen molar-refractivity contribution in [2.24, 2.45) is 11.1 Å². The maximum absolute atomic E-state index is 13.0. The molecule has 166 valence electrons. The van der Waals surface area contributed by atoms with Gasteiger partial charge in [0, 0.05) is 28.3 Å². The van der Waals surface area contributed by atoms with E-state index in [4.69, 9.17) is 22.3 Å². The molecule has 0 unspecified atom stereocenters. The Balaban J connectivity index is 1.23. The lowest BCUT2D eigenvalue weighted by Gasteiger charge is -2.58. The lowest BCUT2D eigenvalue weighted by Crippen LogP contribution is -2.46. The van der Waals surface area contributed by atoms with Gasteiger partial charge in [0.15, 0.2) is 14.9 Å². The highest BCUT2D eigenvalue weighted by atomic mass is 35.5. The molecule has 1 spiro atoms. The van der Waals surface area contributed by atoms with Crippen LogP contribution in [0.25, 0.3) is 10.2 Å². The summed E-state index contributed by atoms with van der Waals surface area (Å²) in [5.41, 5.74) is 7.65. The Morgan fingerprint density at radius 3 is 2.53 bits per heavy atom. The van der Waals surface area contributed by atoms with Crippen molar-refractivity contribution < 1.29 is 13.2 Å². The van der Waals surface area contributed by atoms with Crippen molar-refractivity contribution in [1.82, 2.24) is 9.97 Å². The predicted molar refractivity (Wildman–Crippen MR) is 124 cm³/mol. The van der Waals surface area contributed by atoms with Gasteiger partial charge in [0.05, 0.1) is 20.5 Å². The second-order valence-electron chi connectivity index (χ2n) is 9.56. The van der Waals surface area contributed by atoms with Crippen LogP contribution in [0.1, 0.15) is 71.3 Å². The molecule has 6 nitrogen and oxygen atoms in total. The van der Waals surface area contributed by atoms with Crippen molar-refractivity contribution in [3.8, 4) is 0 Å². The number of fused-ring (bicyclic) bond motifs is 1. The molecule has 2 heterocycles. The fourth-order valence-electron chi connectivity index (χ4n) is 5.60. The van der Waals surface area contributed by atoms with E-state index in [0.717, 1.165) is 45.9 Å². The van der Waals surface area contributed by atoms with Crippen molar-refractivity contribution in [3.05, 3.63) is 51.6 Å². The topological polar surface area (TPSA) is 103 Å². The molecule has 1 aromatic carbocycles. The highest BCUT2D eigenvalue weighted by Gasteiger charge is 2.55. The Bertz CT molecular complexity index is 1370. The van der Waals surface area contributed by atoms with Crippen LogP contribution in [0.3, 0.4) is 0 Å². The van der Waals surface area contributed by atoms with E-state index in [1.165, 1.54) is 6.20 Å². The molecule has 9 heteroatoms.